The summed E-state index contributed by atoms with van der Waals surface area (Å²) in [5.74, 6) is -2.45. The van der Waals surface area contributed by atoms with Gasteiger partial charge in [-0.25, -0.2) is 0 Å². The Hall–Kier alpha value is -1.79. The zero-order valence-electron chi connectivity index (χ0n) is 10.1. The van der Waals surface area contributed by atoms with Crippen molar-refractivity contribution >= 4 is 0 Å². The third-order valence-electron chi connectivity index (χ3n) is 3.18. The van der Waals surface area contributed by atoms with E-state index in [0.29, 0.717) is 17.9 Å². The molecule has 1 fully saturated rings. The van der Waals surface area contributed by atoms with E-state index < -0.39 is 29.0 Å². The number of hydrogen-bond donors (Lipinski definition) is 0. The quantitative estimate of drug-likeness (QED) is 0.627. The third-order valence-corrected chi connectivity index (χ3v) is 3.18. The van der Waals surface area contributed by atoms with Gasteiger partial charge in [0.1, 0.15) is 11.7 Å². The Labute approximate surface area is 107 Å². The van der Waals surface area contributed by atoms with Crippen molar-refractivity contribution in [1.29, 1.82) is 0 Å². The predicted octanol–water partition coefficient (Wildman–Crippen LogP) is 3.01. The molecule has 0 N–H and O–H groups in total. The molecular weight excluding hydrogens is 263 g/mol. The minimum Gasteiger partial charge on any atom is -0.494 e. The van der Waals surface area contributed by atoms with E-state index in [-0.39, 0.29) is 0 Å². The van der Waals surface area contributed by atoms with Crippen LogP contribution in [0.15, 0.2) is 24.3 Å². The Morgan fingerprint density at radius 3 is 2.26 bits per heavy atom. The van der Waals surface area contributed by atoms with Gasteiger partial charge in [-0.05, 0) is 24.6 Å². The second kappa shape index (κ2) is 4.71. The molecule has 19 heavy (non-hydrogen) atoms. The maximum absolute atomic E-state index is 12.7. The molecule has 0 aromatic heterocycles. The molecule has 0 radical (unpaired) electrons. The molecule has 0 unspecified atom stereocenters. The Kier molecular flexibility index (Phi) is 3.38. The summed E-state index contributed by atoms with van der Waals surface area (Å²) in [6.45, 7) is 2.24. The number of rotatable bonds is 4. The van der Waals surface area contributed by atoms with Crippen LogP contribution in [0.5, 0.6) is 5.75 Å². The molecule has 1 saturated carbocycles. The lowest BCUT2D eigenvalue weighted by Gasteiger charge is -2.05. The van der Waals surface area contributed by atoms with Gasteiger partial charge in [-0.3, -0.25) is 10.1 Å². The molecule has 0 amide bonds. The first-order valence-electron chi connectivity index (χ1n) is 5.79. The molecule has 0 saturated heterocycles. The van der Waals surface area contributed by atoms with Gasteiger partial charge in [0.2, 0.25) is 6.04 Å². The first-order valence-corrected chi connectivity index (χ1v) is 5.79. The fourth-order valence-electron chi connectivity index (χ4n) is 2.31. The van der Waals surface area contributed by atoms with Crippen LogP contribution in [0.1, 0.15) is 18.4 Å². The van der Waals surface area contributed by atoms with Gasteiger partial charge in [0.05, 0.1) is 12.5 Å². The van der Waals surface area contributed by atoms with Crippen LogP contribution in [0.3, 0.4) is 0 Å². The van der Waals surface area contributed by atoms with Crippen LogP contribution in [-0.4, -0.2) is 23.7 Å². The Morgan fingerprint density at radius 2 is 1.89 bits per heavy atom. The van der Waals surface area contributed by atoms with Crippen molar-refractivity contribution in [2.75, 3.05) is 6.61 Å². The van der Waals surface area contributed by atoms with Gasteiger partial charge in [0, 0.05) is 4.92 Å². The normalized spacial score (nSPS) is 26.0. The Morgan fingerprint density at radius 1 is 1.32 bits per heavy atom. The molecule has 0 aliphatic heterocycles. The molecular formula is C12H12F3NO3. The molecule has 3 atom stereocenters. The van der Waals surface area contributed by atoms with Gasteiger partial charge in [0.15, 0.2) is 0 Å². The van der Waals surface area contributed by atoms with Crippen LogP contribution in [0.2, 0.25) is 0 Å². The summed E-state index contributed by atoms with van der Waals surface area (Å²) < 4.78 is 43.1. The van der Waals surface area contributed by atoms with Gasteiger partial charge < -0.3 is 4.74 Å². The van der Waals surface area contributed by atoms with Crippen LogP contribution in [0.4, 0.5) is 13.2 Å². The summed E-state index contributed by atoms with van der Waals surface area (Å²) >= 11 is 0. The molecule has 0 heterocycles. The lowest BCUT2D eigenvalue weighted by molar-refractivity contribution is -0.503. The first kappa shape index (κ1) is 13.6. The standard InChI is InChI=1S/C12H12F3NO3/c1-2-19-8-5-3-7(4-6-8)9-10(12(13,14)15)11(9)16(17)18/h3-6,9-11H,2H2,1H3/t9-,10+,11+/m1/s1. The summed E-state index contributed by atoms with van der Waals surface area (Å²) in [4.78, 5) is 9.80. The average molecular weight is 275 g/mol. The van der Waals surface area contributed by atoms with E-state index in [1.165, 1.54) is 24.3 Å². The summed E-state index contributed by atoms with van der Waals surface area (Å²) in [5.41, 5.74) is 0.326. The zero-order valence-corrected chi connectivity index (χ0v) is 10.1. The predicted molar refractivity (Wildman–Crippen MR) is 60.7 cm³/mol. The molecule has 1 aliphatic rings. The number of alkyl halides is 3. The van der Waals surface area contributed by atoms with Gasteiger partial charge >= 0.3 is 6.18 Å². The van der Waals surface area contributed by atoms with Crippen LogP contribution in [0.25, 0.3) is 0 Å². The summed E-state index contributed by atoms with van der Waals surface area (Å²) in [6, 6.07) is 4.40. The summed E-state index contributed by atoms with van der Waals surface area (Å²) in [6.07, 6.45) is -4.54. The second-order valence-electron chi connectivity index (χ2n) is 4.37. The zero-order chi connectivity index (χ0) is 14.2. The maximum atomic E-state index is 12.7. The average Bonchev–Trinajstić information content (AvgIpc) is 3.05. The van der Waals surface area contributed by atoms with Gasteiger partial charge in [-0.2, -0.15) is 13.2 Å². The molecule has 1 aromatic rings. The number of benzene rings is 1. The highest BCUT2D eigenvalue weighted by molar-refractivity contribution is 5.35. The molecule has 104 valence electrons. The smallest absolute Gasteiger partial charge is 0.399 e. The number of halogens is 3. The molecule has 0 spiro atoms. The minimum atomic E-state index is -4.54. The van der Waals surface area contributed by atoms with Crippen molar-refractivity contribution in [3.8, 4) is 5.75 Å². The van der Waals surface area contributed by atoms with Crippen molar-refractivity contribution in [1.82, 2.24) is 0 Å². The van der Waals surface area contributed by atoms with Gasteiger partial charge in [-0.15, -0.1) is 0 Å². The van der Waals surface area contributed by atoms with E-state index in [2.05, 4.69) is 0 Å². The Bertz CT molecular complexity index is 472. The number of nitro groups is 1. The van der Waals surface area contributed by atoms with E-state index >= 15 is 0 Å². The van der Waals surface area contributed by atoms with Crippen molar-refractivity contribution in [3.63, 3.8) is 0 Å². The van der Waals surface area contributed by atoms with E-state index in [9.17, 15) is 23.3 Å². The van der Waals surface area contributed by atoms with Crippen LogP contribution >= 0.6 is 0 Å². The van der Waals surface area contributed by atoms with Crippen molar-refractivity contribution < 1.29 is 22.8 Å². The van der Waals surface area contributed by atoms with Gasteiger partial charge in [-0.1, -0.05) is 12.1 Å². The minimum absolute atomic E-state index is 0.326. The highest BCUT2D eigenvalue weighted by Gasteiger charge is 2.72. The lowest BCUT2D eigenvalue weighted by atomic mass is 10.1. The van der Waals surface area contributed by atoms with Gasteiger partial charge in [0.25, 0.3) is 0 Å². The van der Waals surface area contributed by atoms with Crippen molar-refractivity contribution in [3.05, 3.63) is 39.9 Å². The van der Waals surface area contributed by atoms with E-state index in [0.717, 1.165) is 0 Å². The third kappa shape index (κ3) is 2.64. The highest BCUT2D eigenvalue weighted by Crippen LogP contribution is 2.57. The van der Waals surface area contributed by atoms with E-state index in [1.54, 1.807) is 6.92 Å². The fourth-order valence-corrected chi connectivity index (χ4v) is 2.31. The van der Waals surface area contributed by atoms with Crippen molar-refractivity contribution in [2.24, 2.45) is 5.92 Å². The maximum Gasteiger partial charge on any atom is 0.399 e. The molecule has 1 aliphatic carbocycles. The molecule has 0 bridgehead atoms. The SMILES string of the molecule is CCOc1ccc([C@H]2[C@H]([N+](=O)[O-])[C@H]2C(F)(F)F)cc1. The van der Waals surface area contributed by atoms with E-state index in [1.807, 2.05) is 0 Å². The molecule has 1 aromatic carbocycles. The number of ether oxygens (including phenoxy) is 1. The summed E-state index contributed by atoms with van der Waals surface area (Å²) in [7, 11) is 0. The monoisotopic (exact) mass is 275 g/mol. The molecule has 4 nitrogen and oxygen atoms in total. The largest absolute Gasteiger partial charge is 0.494 e. The molecule has 2 rings (SSSR count). The lowest BCUT2D eigenvalue weighted by Crippen LogP contribution is -2.17. The Balaban J connectivity index is 2.19. The number of hydrogen-bond acceptors (Lipinski definition) is 3. The second-order valence-corrected chi connectivity index (χ2v) is 4.37. The van der Waals surface area contributed by atoms with Crippen LogP contribution in [-0.2, 0) is 0 Å². The van der Waals surface area contributed by atoms with Crippen LogP contribution in [0, 0.1) is 16.0 Å². The highest BCUT2D eigenvalue weighted by atomic mass is 19.4. The van der Waals surface area contributed by atoms with Crippen LogP contribution < -0.4 is 4.74 Å². The first-order chi connectivity index (χ1) is 8.86. The number of nitrogens with zero attached hydrogens (tertiary/aromatic N) is 1. The topological polar surface area (TPSA) is 52.4 Å². The van der Waals surface area contributed by atoms with Crippen molar-refractivity contribution in [2.45, 2.75) is 25.1 Å². The molecule has 7 heteroatoms. The van der Waals surface area contributed by atoms with E-state index in [4.69, 9.17) is 4.74 Å². The fraction of sp³-hybridized carbons (Fsp3) is 0.500. The summed E-state index contributed by atoms with van der Waals surface area (Å²) in [5, 5.41) is 10.7.